The van der Waals surface area contributed by atoms with Gasteiger partial charge in [0.2, 0.25) is 0 Å². The van der Waals surface area contributed by atoms with Crippen molar-refractivity contribution >= 4 is 6.21 Å². The lowest BCUT2D eigenvalue weighted by Crippen LogP contribution is -2.17. The van der Waals surface area contributed by atoms with Gasteiger partial charge in [-0.25, -0.2) is 4.58 Å². The highest BCUT2D eigenvalue weighted by molar-refractivity contribution is 5.68. The van der Waals surface area contributed by atoms with Crippen LogP contribution in [-0.2, 0) is 0 Å². The lowest BCUT2D eigenvalue weighted by Gasteiger charge is -1.97. The van der Waals surface area contributed by atoms with Gasteiger partial charge in [0.05, 0.1) is 0 Å². The number of hydrogen-bond acceptors (Lipinski definition) is 0. The van der Waals surface area contributed by atoms with Crippen LogP contribution in [0.3, 0.4) is 0 Å². The van der Waals surface area contributed by atoms with Crippen molar-refractivity contribution in [3.05, 3.63) is 12.2 Å². The Balaban J connectivity index is 2.59. The summed E-state index contributed by atoms with van der Waals surface area (Å²) in [4.78, 5) is 0. The average molecular weight is 110 g/mol. The average Bonchev–Trinajstić information content (AvgIpc) is 2.14. The Morgan fingerprint density at radius 1 is 1.62 bits per heavy atom. The third kappa shape index (κ3) is 0.808. The van der Waals surface area contributed by atoms with E-state index in [0.29, 0.717) is 6.04 Å². The summed E-state index contributed by atoms with van der Waals surface area (Å²) in [6.07, 6.45) is 6.43. The van der Waals surface area contributed by atoms with Gasteiger partial charge >= 0.3 is 0 Å². The van der Waals surface area contributed by atoms with E-state index >= 15 is 0 Å². The minimum Gasteiger partial charge on any atom is -0.230 e. The molecule has 44 valence electrons. The Bertz CT molecular complexity index is 133. The quantitative estimate of drug-likeness (QED) is 0.444. The first-order valence-corrected chi connectivity index (χ1v) is 3.12. The van der Waals surface area contributed by atoms with Gasteiger partial charge in [-0.15, -0.1) is 0 Å². The normalized spacial score (nSPS) is 26.2. The van der Waals surface area contributed by atoms with Crippen LogP contribution in [0.1, 0.15) is 13.8 Å². The Morgan fingerprint density at radius 3 is 2.62 bits per heavy atom. The molecule has 1 aliphatic rings. The Labute approximate surface area is 50.3 Å². The van der Waals surface area contributed by atoms with Crippen molar-refractivity contribution in [2.75, 3.05) is 6.54 Å². The SMILES string of the molecule is CC[N+]1=CC=CC1C. The maximum Gasteiger partial charge on any atom is 0.168 e. The molecule has 1 heterocycles. The molecule has 0 N–H and O–H groups in total. The first kappa shape index (κ1) is 5.54. The van der Waals surface area contributed by atoms with E-state index in [1.165, 1.54) is 0 Å². The van der Waals surface area contributed by atoms with Crippen LogP contribution in [0.5, 0.6) is 0 Å². The molecule has 0 saturated heterocycles. The van der Waals surface area contributed by atoms with Crippen molar-refractivity contribution in [2.45, 2.75) is 19.9 Å². The Hall–Kier alpha value is -0.590. The fraction of sp³-hybridized carbons (Fsp3) is 0.571. The Morgan fingerprint density at radius 2 is 2.38 bits per heavy atom. The van der Waals surface area contributed by atoms with Gasteiger partial charge in [-0.1, -0.05) is 0 Å². The predicted molar refractivity (Wildman–Crippen MR) is 35.5 cm³/mol. The van der Waals surface area contributed by atoms with Gasteiger partial charge in [0.1, 0.15) is 6.54 Å². The van der Waals surface area contributed by atoms with Crippen molar-refractivity contribution in [3.8, 4) is 0 Å². The van der Waals surface area contributed by atoms with Gasteiger partial charge in [-0.05, 0) is 13.0 Å². The zero-order chi connectivity index (χ0) is 5.98. The van der Waals surface area contributed by atoms with Crippen molar-refractivity contribution in [1.82, 2.24) is 0 Å². The number of rotatable bonds is 1. The van der Waals surface area contributed by atoms with Crippen LogP contribution in [0.2, 0.25) is 0 Å². The van der Waals surface area contributed by atoms with E-state index in [0.717, 1.165) is 6.54 Å². The third-order valence-corrected chi connectivity index (χ3v) is 1.56. The topological polar surface area (TPSA) is 3.01 Å². The van der Waals surface area contributed by atoms with Crippen molar-refractivity contribution in [1.29, 1.82) is 0 Å². The van der Waals surface area contributed by atoms with E-state index in [2.05, 4.69) is 36.8 Å². The summed E-state index contributed by atoms with van der Waals surface area (Å²) in [6, 6.07) is 0.625. The molecular weight excluding hydrogens is 98.1 g/mol. The van der Waals surface area contributed by atoms with Gasteiger partial charge in [-0.3, -0.25) is 0 Å². The highest BCUT2D eigenvalue weighted by Crippen LogP contribution is 1.96. The molecule has 1 nitrogen and oxygen atoms in total. The molecule has 0 saturated carbocycles. The van der Waals surface area contributed by atoms with E-state index in [1.807, 2.05) is 0 Å². The summed E-state index contributed by atoms with van der Waals surface area (Å²) in [6.45, 7) is 5.48. The van der Waals surface area contributed by atoms with Gasteiger partial charge in [0, 0.05) is 13.0 Å². The highest BCUT2D eigenvalue weighted by atomic mass is 15.0. The van der Waals surface area contributed by atoms with E-state index in [4.69, 9.17) is 0 Å². The zero-order valence-electron chi connectivity index (χ0n) is 5.46. The van der Waals surface area contributed by atoms with E-state index in [9.17, 15) is 0 Å². The second-order valence-corrected chi connectivity index (χ2v) is 2.11. The number of hydrogen-bond donors (Lipinski definition) is 0. The summed E-state index contributed by atoms with van der Waals surface area (Å²) in [5.74, 6) is 0. The second-order valence-electron chi connectivity index (χ2n) is 2.11. The first-order chi connectivity index (χ1) is 3.84. The number of allylic oxidation sites excluding steroid dienone is 1. The highest BCUT2D eigenvalue weighted by Gasteiger charge is 2.11. The smallest absolute Gasteiger partial charge is 0.168 e. The molecule has 1 aliphatic heterocycles. The molecule has 1 rings (SSSR count). The van der Waals surface area contributed by atoms with Crippen molar-refractivity contribution in [2.24, 2.45) is 0 Å². The summed E-state index contributed by atoms with van der Waals surface area (Å²) < 4.78 is 2.29. The first-order valence-electron chi connectivity index (χ1n) is 3.12. The molecule has 0 aliphatic carbocycles. The molecule has 8 heavy (non-hydrogen) atoms. The van der Waals surface area contributed by atoms with Crippen LogP contribution in [0.4, 0.5) is 0 Å². The monoisotopic (exact) mass is 110 g/mol. The summed E-state index contributed by atoms with van der Waals surface area (Å²) in [5, 5.41) is 0. The van der Waals surface area contributed by atoms with Crippen LogP contribution in [0, 0.1) is 0 Å². The molecule has 0 amide bonds. The van der Waals surface area contributed by atoms with E-state index in [-0.39, 0.29) is 0 Å². The molecule has 0 fully saturated rings. The van der Waals surface area contributed by atoms with Crippen LogP contribution >= 0.6 is 0 Å². The van der Waals surface area contributed by atoms with Gasteiger partial charge < -0.3 is 0 Å². The number of likely N-dealkylation sites (N-methyl/N-ethyl adjacent to an activating group) is 1. The number of nitrogens with zero attached hydrogens (tertiary/aromatic N) is 1. The summed E-state index contributed by atoms with van der Waals surface area (Å²) >= 11 is 0. The third-order valence-electron chi connectivity index (χ3n) is 1.56. The molecule has 0 aromatic rings. The Kier molecular flexibility index (Phi) is 1.47. The maximum absolute atomic E-state index is 2.29. The van der Waals surface area contributed by atoms with Crippen molar-refractivity contribution < 1.29 is 4.58 Å². The molecule has 0 radical (unpaired) electrons. The minimum absolute atomic E-state index is 0.625. The van der Waals surface area contributed by atoms with E-state index in [1.54, 1.807) is 0 Å². The van der Waals surface area contributed by atoms with Crippen LogP contribution < -0.4 is 0 Å². The molecule has 0 aromatic heterocycles. The molecule has 0 aromatic carbocycles. The lowest BCUT2D eigenvalue weighted by atomic mass is 10.3. The standard InChI is InChI=1S/C7H12N/c1-3-8-6-4-5-7(8)2/h4-7H,3H2,1-2H3/q+1. The molecule has 0 spiro atoms. The van der Waals surface area contributed by atoms with Gasteiger partial charge in [0.25, 0.3) is 0 Å². The van der Waals surface area contributed by atoms with Crippen molar-refractivity contribution in [3.63, 3.8) is 0 Å². The van der Waals surface area contributed by atoms with Gasteiger partial charge in [-0.2, -0.15) is 0 Å². The fourth-order valence-corrected chi connectivity index (χ4v) is 0.961. The molecular formula is C7H12N+. The molecule has 1 unspecified atom stereocenters. The van der Waals surface area contributed by atoms with Crippen LogP contribution in [-0.4, -0.2) is 23.4 Å². The summed E-state index contributed by atoms with van der Waals surface area (Å²) in [5.41, 5.74) is 0. The van der Waals surface area contributed by atoms with E-state index < -0.39 is 0 Å². The van der Waals surface area contributed by atoms with Crippen LogP contribution in [0.25, 0.3) is 0 Å². The zero-order valence-corrected chi connectivity index (χ0v) is 5.46. The second kappa shape index (κ2) is 2.12. The van der Waals surface area contributed by atoms with Gasteiger partial charge in [0.15, 0.2) is 12.3 Å². The molecule has 1 heteroatoms. The predicted octanol–water partition coefficient (Wildman–Crippen LogP) is 1.05. The van der Waals surface area contributed by atoms with Crippen LogP contribution in [0.15, 0.2) is 12.2 Å². The maximum atomic E-state index is 2.29. The lowest BCUT2D eigenvalue weighted by molar-refractivity contribution is -0.539. The summed E-state index contributed by atoms with van der Waals surface area (Å²) in [7, 11) is 0. The molecule has 0 bridgehead atoms. The minimum atomic E-state index is 0.625. The largest absolute Gasteiger partial charge is 0.230 e. The molecule has 1 atom stereocenters. The fourth-order valence-electron chi connectivity index (χ4n) is 0.961.